The summed E-state index contributed by atoms with van der Waals surface area (Å²) in [4.78, 5) is 25.2. The van der Waals surface area contributed by atoms with Crippen LogP contribution in [-0.2, 0) is 20.6 Å². The Bertz CT molecular complexity index is 1050. The highest BCUT2D eigenvalue weighted by molar-refractivity contribution is 9.10. The number of halogens is 1. The number of carbonyl (C=O) groups is 2. The predicted molar refractivity (Wildman–Crippen MR) is 147 cm³/mol. The predicted octanol–water partition coefficient (Wildman–Crippen LogP) is 7.07. The summed E-state index contributed by atoms with van der Waals surface area (Å²) in [5, 5.41) is 12.6. The van der Waals surface area contributed by atoms with E-state index in [-0.39, 0.29) is 5.04 Å². The number of ether oxygens (including phenoxy) is 2. The molecule has 198 valence electrons. The maximum Gasteiger partial charge on any atom is 0.408 e. The zero-order valence-electron chi connectivity index (χ0n) is 22.3. The largest absolute Gasteiger partial charge is 0.489 e. The molecule has 2 N–H and O–H groups in total. The van der Waals surface area contributed by atoms with E-state index < -0.39 is 38.1 Å². The molecule has 0 saturated heterocycles. The Balaban J connectivity index is 2.55. The van der Waals surface area contributed by atoms with Crippen molar-refractivity contribution in [2.75, 3.05) is 0 Å². The Morgan fingerprint density at radius 1 is 1.03 bits per heavy atom. The van der Waals surface area contributed by atoms with Crippen LogP contribution < -0.4 is 10.1 Å². The zero-order chi connectivity index (χ0) is 27.3. The van der Waals surface area contributed by atoms with Gasteiger partial charge in [-0.15, -0.1) is 0 Å². The van der Waals surface area contributed by atoms with E-state index >= 15 is 0 Å². The van der Waals surface area contributed by atoms with Gasteiger partial charge in [0.05, 0.1) is 0 Å². The Kier molecular flexibility index (Phi) is 9.78. The number of carboxylic acids is 1. The number of hydrogen-bond donors (Lipinski definition) is 2. The number of nitrogens with one attached hydrogen (secondary N) is 1. The number of amides is 1. The van der Waals surface area contributed by atoms with Gasteiger partial charge in [-0.05, 0) is 62.7 Å². The number of carbonyl (C=O) groups excluding carboxylic acids is 1. The molecular formula is C27H38BrNO6Si. The van der Waals surface area contributed by atoms with Gasteiger partial charge in [-0.25, -0.2) is 9.59 Å². The van der Waals surface area contributed by atoms with Crippen LogP contribution in [0.25, 0.3) is 0 Å². The van der Waals surface area contributed by atoms with Crippen LogP contribution in [0.4, 0.5) is 4.79 Å². The molecule has 2 atom stereocenters. The van der Waals surface area contributed by atoms with Crippen LogP contribution in [0.3, 0.4) is 0 Å². The molecule has 0 bridgehead atoms. The highest BCUT2D eigenvalue weighted by Gasteiger charge is 2.44. The van der Waals surface area contributed by atoms with Gasteiger partial charge in [0.2, 0.25) is 0 Å². The maximum atomic E-state index is 12.7. The fourth-order valence-corrected chi connectivity index (χ4v) is 4.75. The molecule has 1 unspecified atom stereocenters. The molecule has 0 fully saturated rings. The lowest BCUT2D eigenvalue weighted by Crippen LogP contribution is -2.51. The van der Waals surface area contributed by atoms with E-state index in [0.717, 1.165) is 10.0 Å². The number of carboxylic acid groups (broad SMARTS) is 1. The fourth-order valence-electron chi connectivity index (χ4n) is 3.12. The molecule has 0 aliphatic heterocycles. The second kappa shape index (κ2) is 11.8. The van der Waals surface area contributed by atoms with Gasteiger partial charge in [-0.2, -0.15) is 0 Å². The quantitative estimate of drug-likeness (QED) is 0.308. The van der Waals surface area contributed by atoms with E-state index in [2.05, 4.69) is 42.0 Å². The lowest BCUT2D eigenvalue weighted by molar-refractivity contribution is -0.142. The van der Waals surface area contributed by atoms with E-state index in [0.29, 0.717) is 17.9 Å². The fraction of sp³-hybridized carbons (Fsp3) is 0.481. The SMILES string of the molecule is CC(C)(C)OC(=O)N[C@H](C(=O)O)C(O[Si](C)(C)C(C)(C)C)c1cc(Br)ccc1OCc1ccccc1. The second-order valence-corrected chi connectivity index (χ2v) is 16.9. The lowest BCUT2D eigenvalue weighted by Gasteiger charge is -2.41. The molecule has 0 aromatic heterocycles. The smallest absolute Gasteiger partial charge is 0.408 e. The van der Waals surface area contributed by atoms with E-state index in [4.69, 9.17) is 13.9 Å². The lowest BCUT2D eigenvalue weighted by atomic mass is 10.0. The Morgan fingerprint density at radius 3 is 2.17 bits per heavy atom. The molecule has 0 aliphatic carbocycles. The molecule has 0 saturated carbocycles. The van der Waals surface area contributed by atoms with Gasteiger partial charge in [0.1, 0.15) is 24.1 Å². The molecule has 7 nitrogen and oxygen atoms in total. The summed E-state index contributed by atoms with van der Waals surface area (Å²) in [6.07, 6.45) is -1.86. The van der Waals surface area contributed by atoms with Crippen LogP contribution in [0.5, 0.6) is 5.75 Å². The minimum Gasteiger partial charge on any atom is -0.489 e. The average Bonchev–Trinajstić information content (AvgIpc) is 2.73. The summed E-state index contributed by atoms with van der Waals surface area (Å²) in [6.45, 7) is 15.7. The first-order valence-electron chi connectivity index (χ1n) is 11.9. The number of rotatable bonds is 9. The van der Waals surface area contributed by atoms with Crippen molar-refractivity contribution in [3.63, 3.8) is 0 Å². The summed E-state index contributed by atoms with van der Waals surface area (Å²) in [7, 11) is -2.51. The second-order valence-electron chi connectivity index (χ2n) is 11.2. The Morgan fingerprint density at radius 2 is 1.64 bits per heavy atom. The molecule has 2 rings (SSSR count). The summed E-state index contributed by atoms with van der Waals surface area (Å²) in [5.41, 5.74) is 0.700. The van der Waals surface area contributed by atoms with Crippen molar-refractivity contribution in [1.29, 1.82) is 0 Å². The van der Waals surface area contributed by atoms with E-state index in [1.807, 2.05) is 49.5 Å². The third-order valence-corrected chi connectivity index (χ3v) is 10.9. The van der Waals surface area contributed by atoms with Crippen molar-refractivity contribution in [2.45, 2.75) is 84.0 Å². The van der Waals surface area contributed by atoms with Crippen molar-refractivity contribution in [2.24, 2.45) is 0 Å². The molecule has 1 amide bonds. The molecule has 2 aromatic rings. The average molecular weight is 581 g/mol. The summed E-state index contributed by atoms with van der Waals surface area (Å²) in [6, 6.07) is 13.6. The van der Waals surface area contributed by atoms with E-state index in [1.54, 1.807) is 32.9 Å². The third kappa shape index (κ3) is 8.64. The van der Waals surface area contributed by atoms with Gasteiger partial charge >= 0.3 is 12.1 Å². The van der Waals surface area contributed by atoms with Gasteiger partial charge in [0.25, 0.3) is 0 Å². The first kappa shape index (κ1) is 29.9. The van der Waals surface area contributed by atoms with Crippen LogP contribution in [-0.4, -0.2) is 37.1 Å². The molecule has 9 heteroatoms. The number of benzene rings is 2. The highest BCUT2D eigenvalue weighted by Crippen LogP contribution is 2.43. The van der Waals surface area contributed by atoms with Crippen molar-refractivity contribution < 1.29 is 28.6 Å². The summed E-state index contributed by atoms with van der Waals surface area (Å²) in [5.74, 6) is -0.762. The van der Waals surface area contributed by atoms with E-state index in [1.165, 1.54) is 0 Å². The van der Waals surface area contributed by atoms with Gasteiger partial charge in [0.15, 0.2) is 14.4 Å². The molecule has 0 spiro atoms. The van der Waals surface area contributed by atoms with Crippen molar-refractivity contribution in [1.82, 2.24) is 5.32 Å². The standard InChI is InChI=1S/C27H38BrNO6Si/c1-26(2,3)34-25(32)29-22(24(30)31)23(35-36(7,8)27(4,5)6)20-16-19(28)14-15-21(20)33-17-18-12-10-9-11-13-18/h9-16,22-23H,17H2,1-8H3,(H,29,32)(H,30,31)/t22-,23?/m0/s1. The monoisotopic (exact) mass is 579 g/mol. The molecule has 0 aliphatic rings. The zero-order valence-corrected chi connectivity index (χ0v) is 24.9. The minimum atomic E-state index is -2.51. The highest BCUT2D eigenvalue weighted by atomic mass is 79.9. The molecule has 0 radical (unpaired) electrons. The molecule has 36 heavy (non-hydrogen) atoms. The maximum absolute atomic E-state index is 12.7. The van der Waals surface area contributed by atoms with Gasteiger partial charge in [-0.1, -0.05) is 67.0 Å². The number of hydrogen-bond acceptors (Lipinski definition) is 5. The van der Waals surface area contributed by atoms with Crippen LogP contribution in [0.1, 0.15) is 58.8 Å². The van der Waals surface area contributed by atoms with Gasteiger partial charge in [0, 0.05) is 10.0 Å². The van der Waals surface area contributed by atoms with Crippen LogP contribution in [0.2, 0.25) is 18.1 Å². The van der Waals surface area contributed by atoms with Gasteiger partial charge < -0.3 is 24.3 Å². The van der Waals surface area contributed by atoms with Crippen molar-refractivity contribution >= 4 is 36.3 Å². The first-order valence-corrected chi connectivity index (χ1v) is 15.6. The first-order chi connectivity index (χ1) is 16.5. The third-order valence-electron chi connectivity index (χ3n) is 5.98. The topological polar surface area (TPSA) is 94.1 Å². The molecular weight excluding hydrogens is 542 g/mol. The van der Waals surface area contributed by atoms with Crippen molar-refractivity contribution in [3.8, 4) is 5.75 Å². The molecule has 0 heterocycles. The minimum absolute atomic E-state index is 0.211. The number of aliphatic carboxylic acids is 1. The van der Waals surface area contributed by atoms with Crippen molar-refractivity contribution in [3.05, 3.63) is 64.1 Å². The van der Waals surface area contributed by atoms with Crippen LogP contribution in [0.15, 0.2) is 53.0 Å². The normalized spacial score (nSPS) is 14.0. The van der Waals surface area contributed by atoms with Crippen LogP contribution in [0, 0.1) is 0 Å². The molecule has 2 aromatic carbocycles. The van der Waals surface area contributed by atoms with Crippen LogP contribution >= 0.6 is 15.9 Å². The Hall–Kier alpha value is -2.36. The number of alkyl carbamates (subject to hydrolysis) is 1. The van der Waals surface area contributed by atoms with Gasteiger partial charge in [-0.3, -0.25) is 0 Å². The van der Waals surface area contributed by atoms with E-state index in [9.17, 15) is 14.7 Å². The summed E-state index contributed by atoms with van der Waals surface area (Å²) >= 11 is 3.50. The Labute approximate surface area is 223 Å². The summed E-state index contributed by atoms with van der Waals surface area (Å²) < 4.78 is 18.9.